The summed E-state index contributed by atoms with van der Waals surface area (Å²) in [7, 11) is 3.08. The van der Waals surface area contributed by atoms with Crippen molar-refractivity contribution in [3.63, 3.8) is 0 Å². The van der Waals surface area contributed by atoms with Gasteiger partial charge in [-0.05, 0) is 53.2 Å². The normalized spacial score (nSPS) is 10.7. The van der Waals surface area contributed by atoms with Gasteiger partial charge < -0.3 is 14.6 Å². The predicted octanol–water partition coefficient (Wildman–Crippen LogP) is 1.57. The number of benzene rings is 2. The molecule has 2 aromatic carbocycles. The van der Waals surface area contributed by atoms with E-state index in [9.17, 15) is 9.90 Å². The highest BCUT2D eigenvalue weighted by molar-refractivity contribution is 5.49. The highest BCUT2D eigenvalue weighted by Gasteiger charge is 2.16. The van der Waals surface area contributed by atoms with Crippen molar-refractivity contribution < 1.29 is 14.6 Å². The van der Waals surface area contributed by atoms with Gasteiger partial charge in [-0.2, -0.15) is 9.36 Å². The number of rotatable bonds is 5. The van der Waals surface area contributed by atoms with Crippen LogP contribution in [-0.2, 0) is 13.7 Å². The van der Waals surface area contributed by atoms with E-state index in [2.05, 4.69) is 10.4 Å². The molecule has 0 spiro atoms. The molecule has 0 fully saturated rings. The van der Waals surface area contributed by atoms with Crippen LogP contribution in [0.1, 0.15) is 11.1 Å². The van der Waals surface area contributed by atoms with Crippen LogP contribution < -0.4 is 15.2 Å². The van der Waals surface area contributed by atoms with Crippen molar-refractivity contribution in [2.45, 2.75) is 13.5 Å². The van der Waals surface area contributed by atoms with Gasteiger partial charge in [0.25, 0.3) is 0 Å². The van der Waals surface area contributed by atoms with Gasteiger partial charge in [-0.15, -0.1) is 0 Å². The van der Waals surface area contributed by atoms with Gasteiger partial charge in [0, 0.05) is 7.05 Å². The Morgan fingerprint density at radius 1 is 1.16 bits per heavy atom. The van der Waals surface area contributed by atoms with Crippen LogP contribution in [-0.4, -0.2) is 32.0 Å². The number of aromatic nitrogens is 4. The average Bonchev–Trinajstić information content (AvgIpc) is 2.93. The van der Waals surface area contributed by atoms with Crippen molar-refractivity contribution in [1.82, 2.24) is 19.8 Å². The van der Waals surface area contributed by atoms with Crippen molar-refractivity contribution in [3.05, 3.63) is 58.0 Å². The average molecular weight is 342 g/mol. The number of ether oxygens (including phenoxy) is 2. The lowest BCUT2D eigenvalue weighted by molar-refractivity contribution is 0.293. The number of hydrogen-bond donors (Lipinski definition) is 1. The Morgan fingerprint density at radius 3 is 2.60 bits per heavy atom. The first-order valence-electron chi connectivity index (χ1n) is 7.59. The number of aryl methyl sites for hydroxylation is 2. The maximum Gasteiger partial charge on any atom is 0.368 e. The van der Waals surface area contributed by atoms with Gasteiger partial charge in [-0.25, -0.2) is 4.79 Å². The molecule has 25 heavy (non-hydrogen) atoms. The molecule has 8 nitrogen and oxygen atoms in total. The molecule has 3 rings (SSSR count). The van der Waals surface area contributed by atoms with E-state index in [-0.39, 0.29) is 18.0 Å². The zero-order chi connectivity index (χ0) is 18.0. The first kappa shape index (κ1) is 16.6. The Bertz CT molecular complexity index is 962. The summed E-state index contributed by atoms with van der Waals surface area (Å²) in [6.07, 6.45) is 0. The van der Waals surface area contributed by atoms with Gasteiger partial charge in [0.05, 0.1) is 18.4 Å². The highest BCUT2D eigenvalue weighted by atomic mass is 16.5. The minimum Gasteiger partial charge on any atom is -0.508 e. The van der Waals surface area contributed by atoms with Crippen LogP contribution in [0.3, 0.4) is 0 Å². The zero-order valence-electron chi connectivity index (χ0n) is 14.1. The Hall–Kier alpha value is -3.29. The Kier molecular flexibility index (Phi) is 4.42. The summed E-state index contributed by atoms with van der Waals surface area (Å²) < 4.78 is 13.6. The van der Waals surface area contributed by atoms with E-state index >= 15 is 0 Å². The van der Waals surface area contributed by atoms with Gasteiger partial charge >= 0.3 is 5.69 Å². The van der Waals surface area contributed by atoms with Crippen LogP contribution in [0.25, 0.3) is 5.69 Å². The number of phenolic OH excluding ortho intramolecular Hbond substituents is 1. The van der Waals surface area contributed by atoms with Crippen LogP contribution in [0, 0.1) is 6.92 Å². The molecule has 0 amide bonds. The van der Waals surface area contributed by atoms with Gasteiger partial charge in [0.1, 0.15) is 23.9 Å². The van der Waals surface area contributed by atoms with Gasteiger partial charge in [-0.1, -0.05) is 6.07 Å². The second kappa shape index (κ2) is 6.68. The number of tetrazole rings is 1. The monoisotopic (exact) mass is 342 g/mol. The molecule has 8 heteroatoms. The molecular weight excluding hydrogens is 324 g/mol. The van der Waals surface area contributed by atoms with Crippen LogP contribution in [0.2, 0.25) is 0 Å². The van der Waals surface area contributed by atoms with Crippen molar-refractivity contribution in [2.75, 3.05) is 7.11 Å². The lowest BCUT2D eigenvalue weighted by atomic mass is 10.1. The van der Waals surface area contributed by atoms with Gasteiger partial charge in [0.15, 0.2) is 0 Å². The van der Waals surface area contributed by atoms with E-state index in [1.165, 1.54) is 11.7 Å². The van der Waals surface area contributed by atoms with Crippen molar-refractivity contribution in [1.29, 1.82) is 0 Å². The Balaban J connectivity index is 1.99. The summed E-state index contributed by atoms with van der Waals surface area (Å²) in [4.78, 5) is 12.2. The standard InChI is InChI=1S/C17H18N4O4/c1-11-9-12(22)7-8-15(11)25-10-13-14(5-4-6-16(13)24-3)21-17(23)20(2)18-19-21/h4-9,22H,10H2,1-3H3. The largest absolute Gasteiger partial charge is 0.508 e. The molecule has 1 heterocycles. The van der Waals surface area contributed by atoms with E-state index in [4.69, 9.17) is 9.47 Å². The molecule has 0 bridgehead atoms. The quantitative estimate of drug-likeness (QED) is 0.757. The molecule has 0 atom stereocenters. The Morgan fingerprint density at radius 2 is 1.96 bits per heavy atom. The minimum absolute atomic E-state index is 0.161. The summed E-state index contributed by atoms with van der Waals surface area (Å²) in [6.45, 7) is 2.00. The zero-order valence-corrected chi connectivity index (χ0v) is 14.1. The molecule has 0 aliphatic carbocycles. The lowest BCUT2D eigenvalue weighted by Gasteiger charge is -2.15. The summed E-state index contributed by atoms with van der Waals surface area (Å²) in [5.74, 6) is 1.38. The number of nitrogens with zero attached hydrogens (tertiary/aromatic N) is 4. The van der Waals surface area contributed by atoms with Gasteiger partial charge in [0.2, 0.25) is 0 Å². The van der Waals surface area contributed by atoms with Crippen LogP contribution in [0.4, 0.5) is 0 Å². The molecule has 0 aliphatic heterocycles. The number of phenols is 1. The minimum atomic E-state index is -0.365. The molecule has 0 radical (unpaired) electrons. The maximum atomic E-state index is 12.2. The van der Waals surface area contributed by atoms with E-state index in [1.54, 1.807) is 43.5 Å². The lowest BCUT2D eigenvalue weighted by Crippen LogP contribution is -2.23. The first-order valence-corrected chi connectivity index (χ1v) is 7.59. The molecule has 0 saturated carbocycles. The van der Waals surface area contributed by atoms with E-state index in [0.29, 0.717) is 22.7 Å². The predicted molar refractivity (Wildman–Crippen MR) is 90.3 cm³/mol. The highest BCUT2D eigenvalue weighted by Crippen LogP contribution is 2.28. The topological polar surface area (TPSA) is 91.4 Å². The second-order valence-electron chi connectivity index (χ2n) is 5.49. The van der Waals surface area contributed by atoms with Crippen LogP contribution in [0.15, 0.2) is 41.2 Å². The summed E-state index contributed by atoms with van der Waals surface area (Å²) >= 11 is 0. The number of hydrogen-bond acceptors (Lipinski definition) is 6. The van der Waals surface area contributed by atoms with Crippen molar-refractivity contribution in [3.8, 4) is 22.9 Å². The first-order chi connectivity index (χ1) is 12.0. The van der Waals surface area contributed by atoms with E-state index in [0.717, 1.165) is 10.2 Å². The fourth-order valence-corrected chi connectivity index (χ4v) is 2.50. The van der Waals surface area contributed by atoms with Crippen molar-refractivity contribution in [2.24, 2.45) is 7.05 Å². The van der Waals surface area contributed by atoms with Gasteiger partial charge in [-0.3, -0.25) is 0 Å². The molecule has 0 unspecified atom stereocenters. The molecular formula is C17H18N4O4. The summed E-state index contributed by atoms with van der Waals surface area (Å²) in [6, 6.07) is 10.2. The third-order valence-corrected chi connectivity index (χ3v) is 3.81. The third kappa shape index (κ3) is 3.18. The molecule has 1 N–H and O–H groups in total. The maximum absolute atomic E-state index is 12.2. The Labute approximate surface area is 143 Å². The molecule has 1 aromatic heterocycles. The fraction of sp³-hybridized carbons (Fsp3) is 0.235. The van der Waals surface area contributed by atoms with E-state index in [1.807, 2.05) is 6.92 Å². The molecule has 3 aromatic rings. The molecule has 130 valence electrons. The van der Waals surface area contributed by atoms with Crippen LogP contribution >= 0.6 is 0 Å². The van der Waals surface area contributed by atoms with E-state index < -0.39 is 0 Å². The van der Waals surface area contributed by atoms with Crippen molar-refractivity contribution >= 4 is 0 Å². The van der Waals surface area contributed by atoms with Crippen LogP contribution in [0.5, 0.6) is 17.2 Å². The molecule has 0 saturated heterocycles. The summed E-state index contributed by atoms with van der Waals surface area (Å²) in [5.41, 5.74) is 1.64. The number of methoxy groups -OCH3 is 1. The molecule has 0 aliphatic rings. The smallest absolute Gasteiger partial charge is 0.368 e. The SMILES string of the molecule is COc1cccc(-n2nnn(C)c2=O)c1COc1ccc(O)cc1C. The fourth-order valence-electron chi connectivity index (χ4n) is 2.50. The number of aromatic hydroxyl groups is 1. The third-order valence-electron chi connectivity index (χ3n) is 3.81. The second-order valence-corrected chi connectivity index (χ2v) is 5.49. The summed E-state index contributed by atoms with van der Waals surface area (Å²) in [5, 5.41) is 17.1.